The predicted octanol–water partition coefficient (Wildman–Crippen LogP) is 3.20. The van der Waals surface area contributed by atoms with E-state index in [1.165, 1.54) is 4.90 Å². The highest BCUT2D eigenvalue weighted by molar-refractivity contribution is 5.81. The summed E-state index contributed by atoms with van der Waals surface area (Å²) >= 11 is 0. The van der Waals surface area contributed by atoms with E-state index in [1.807, 2.05) is 25.1 Å². The molecule has 162 valence electrons. The monoisotopic (exact) mass is 414 g/mol. The van der Waals surface area contributed by atoms with Gasteiger partial charge >= 0.3 is 0 Å². The molecule has 1 N–H and O–H groups in total. The van der Waals surface area contributed by atoms with Crippen LogP contribution in [-0.2, 0) is 9.59 Å². The zero-order chi connectivity index (χ0) is 22.1. The number of likely N-dealkylation sites (N-methyl/N-ethyl adjacent to an activating group) is 1. The Labute approximate surface area is 177 Å². The molecule has 0 fully saturated rings. The van der Waals surface area contributed by atoms with Gasteiger partial charge in [0.25, 0.3) is 11.8 Å². The summed E-state index contributed by atoms with van der Waals surface area (Å²) in [6, 6.07) is 14.2. The van der Waals surface area contributed by atoms with E-state index in [1.54, 1.807) is 58.5 Å². The van der Waals surface area contributed by atoms with Crippen LogP contribution in [0.1, 0.15) is 31.9 Å². The van der Waals surface area contributed by atoms with E-state index in [9.17, 15) is 9.59 Å². The highest BCUT2D eigenvalue weighted by Gasteiger charge is 2.22. The van der Waals surface area contributed by atoms with Crippen LogP contribution >= 0.6 is 0 Å². The maximum absolute atomic E-state index is 12.7. The van der Waals surface area contributed by atoms with Crippen molar-refractivity contribution in [2.75, 3.05) is 27.8 Å². The topological polar surface area (TPSA) is 77.1 Å². The van der Waals surface area contributed by atoms with Crippen LogP contribution in [0, 0.1) is 0 Å². The Morgan fingerprint density at radius 1 is 1.03 bits per heavy atom. The minimum absolute atomic E-state index is 0.0641. The van der Waals surface area contributed by atoms with E-state index >= 15 is 0 Å². The molecular weight excluding hydrogens is 384 g/mol. The maximum atomic E-state index is 12.7. The summed E-state index contributed by atoms with van der Waals surface area (Å²) in [5, 5.41) is 3.01. The zero-order valence-electron chi connectivity index (χ0n) is 18.2. The second-order valence-corrected chi connectivity index (χ2v) is 7.02. The molecule has 7 nitrogen and oxygen atoms in total. The summed E-state index contributed by atoms with van der Waals surface area (Å²) in [6.45, 7) is 3.61. The molecule has 0 aromatic heterocycles. The lowest BCUT2D eigenvalue weighted by Crippen LogP contribution is -2.38. The summed E-state index contributed by atoms with van der Waals surface area (Å²) in [5.41, 5.74) is 0.816. The van der Waals surface area contributed by atoms with Crippen LogP contribution < -0.4 is 19.5 Å². The Balaban J connectivity index is 2.04. The standard InChI is InChI=1S/C23H30N2O5/c1-6-20(19-9-7-8-10-21(19)29-15-22(26)25(3)4)24-23(27)16(2)30-18-13-11-17(28-5)12-14-18/h7-14,16,20H,6,15H2,1-5H3,(H,24,27). The molecule has 0 spiro atoms. The lowest BCUT2D eigenvalue weighted by atomic mass is 10.0. The molecule has 2 rings (SSSR count). The zero-order valence-corrected chi connectivity index (χ0v) is 18.2. The van der Waals surface area contributed by atoms with Gasteiger partial charge < -0.3 is 24.4 Å². The van der Waals surface area contributed by atoms with Crippen LogP contribution in [-0.4, -0.2) is 50.6 Å². The Morgan fingerprint density at radius 2 is 1.67 bits per heavy atom. The van der Waals surface area contributed by atoms with Gasteiger partial charge in [0.1, 0.15) is 17.2 Å². The van der Waals surface area contributed by atoms with Crippen molar-refractivity contribution < 1.29 is 23.8 Å². The number of carbonyl (C=O) groups is 2. The fraction of sp³-hybridized carbons (Fsp3) is 0.391. The molecular formula is C23H30N2O5. The number of nitrogens with one attached hydrogen (secondary N) is 1. The van der Waals surface area contributed by atoms with Crippen LogP contribution in [0.15, 0.2) is 48.5 Å². The van der Waals surface area contributed by atoms with Gasteiger partial charge in [0.15, 0.2) is 12.7 Å². The molecule has 0 saturated heterocycles. The lowest BCUT2D eigenvalue weighted by Gasteiger charge is -2.23. The maximum Gasteiger partial charge on any atom is 0.261 e. The van der Waals surface area contributed by atoms with Gasteiger partial charge in [-0.05, 0) is 43.7 Å². The highest BCUT2D eigenvalue weighted by atomic mass is 16.5. The van der Waals surface area contributed by atoms with E-state index in [2.05, 4.69) is 5.32 Å². The summed E-state index contributed by atoms with van der Waals surface area (Å²) in [4.78, 5) is 26.0. The smallest absolute Gasteiger partial charge is 0.261 e. The molecule has 7 heteroatoms. The van der Waals surface area contributed by atoms with Crippen molar-refractivity contribution in [2.24, 2.45) is 0 Å². The van der Waals surface area contributed by atoms with Gasteiger partial charge in [0, 0.05) is 19.7 Å². The van der Waals surface area contributed by atoms with Crippen molar-refractivity contribution in [1.82, 2.24) is 10.2 Å². The number of hydrogen-bond donors (Lipinski definition) is 1. The van der Waals surface area contributed by atoms with Crippen molar-refractivity contribution in [3.05, 3.63) is 54.1 Å². The molecule has 2 aromatic carbocycles. The second kappa shape index (κ2) is 11.1. The average Bonchev–Trinajstić information content (AvgIpc) is 2.76. The van der Waals surface area contributed by atoms with Gasteiger partial charge in [-0.1, -0.05) is 25.1 Å². The van der Waals surface area contributed by atoms with Crippen molar-refractivity contribution >= 4 is 11.8 Å². The van der Waals surface area contributed by atoms with Crippen molar-refractivity contribution in [2.45, 2.75) is 32.4 Å². The highest BCUT2D eigenvalue weighted by Crippen LogP contribution is 2.27. The normalized spacial score (nSPS) is 12.4. The summed E-state index contributed by atoms with van der Waals surface area (Å²) in [5.74, 6) is 1.50. The third-order valence-electron chi connectivity index (χ3n) is 4.61. The first-order valence-electron chi connectivity index (χ1n) is 9.88. The van der Waals surface area contributed by atoms with Gasteiger partial charge in [-0.3, -0.25) is 9.59 Å². The third-order valence-corrected chi connectivity index (χ3v) is 4.61. The Morgan fingerprint density at radius 3 is 2.27 bits per heavy atom. The molecule has 0 saturated carbocycles. The van der Waals surface area contributed by atoms with Gasteiger partial charge in [0.05, 0.1) is 13.2 Å². The van der Waals surface area contributed by atoms with Crippen LogP contribution in [0.2, 0.25) is 0 Å². The fourth-order valence-electron chi connectivity index (χ4n) is 2.77. The minimum Gasteiger partial charge on any atom is -0.497 e. The number of nitrogens with zero attached hydrogens (tertiary/aromatic N) is 1. The van der Waals surface area contributed by atoms with Crippen molar-refractivity contribution in [1.29, 1.82) is 0 Å². The number of methoxy groups -OCH3 is 1. The van der Waals surface area contributed by atoms with Gasteiger partial charge in [-0.15, -0.1) is 0 Å². The van der Waals surface area contributed by atoms with E-state index in [4.69, 9.17) is 14.2 Å². The fourth-order valence-corrected chi connectivity index (χ4v) is 2.77. The van der Waals surface area contributed by atoms with Crippen molar-refractivity contribution in [3.8, 4) is 17.2 Å². The number of rotatable bonds is 10. The number of ether oxygens (including phenoxy) is 3. The average molecular weight is 415 g/mol. The molecule has 2 amide bonds. The molecule has 30 heavy (non-hydrogen) atoms. The molecule has 0 aliphatic carbocycles. The first-order chi connectivity index (χ1) is 14.3. The lowest BCUT2D eigenvalue weighted by molar-refractivity contribution is -0.131. The summed E-state index contributed by atoms with van der Waals surface area (Å²) < 4.78 is 16.6. The van der Waals surface area contributed by atoms with Gasteiger partial charge in [-0.2, -0.15) is 0 Å². The van der Waals surface area contributed by atoms with Crippen LogP contribution in [0.4, 0.5) is 0 Å². The van der Waals surface area contributed by atoms with Crippen LogP contribution in [0.3, 0.4) is 0 Å². The number of para-hydroxylation sites is 1. The molecule has 0 aliphatic heterocycles. The summed E-state index contributed by atoms with van der Waals surface area (Å²) in [6.07, 6.45) is -0.0287. The molecule has 0 aliphatic rings. The second-order valence-electron chi connectivity index (χ2n) is 7.02. The molecule has 2 atom stereocenters. The molecule has 2 unspecified atom stereocenters. The summed E-state index contributed by atoms with van der Waals surface area (Å²) in [7, 11) is 4.95. The Kier molecular flexibility index (Phi) is 8.53. The first kappa shape index (κ1) is 23.1. The number of carbonyl (C=O) groups excluding carboxylic acids is 2. The largest absolute Gasteiger partial charge is 0.497 e. The minimum atomic E-state index is -0.684. The van der Waals surface area contributed by atoms with Gasteiger partial charge in [0.2, 0.25) is 0 Å². The molecule has 0 heterocycles. The Hall–Kier alpha value is -3.22. The van der Waals surface area contributed by atoms with Crippen LogP contribution in [0.25, 0.3) is 0 Å². The van der Waals surface area contributed by atoms with E-state index in [0.717, 1.165) is 11.3 Å². The molecule has 0 radical (unpaired) electrons. The van der Waals surface area contributed by atoms with Gasteiger partial charge in [-0.25, -0.2) is 0 Å². The SMILES string of the molecule is CCC(NC(=O)C(C)Oc1ccc(OC)cc1)c1ccccc1OCC(=O)N(C)C. The Bertz CT molecular complexity index is 836. The number of hydrogen-bond acceptors (Lipinski definition) is 5. The van der Waals surface area contributed by atoms with E-state index in [0.29, 0.717) is 17.9 Å². The van der Waals surface area contributed by atoms with E-state index in [-0.39, 0.29) is 24.5 Å². The van der Waals surface area contributed by atoms with Crippen molar-refractivity contribution in [3.63, 3.8) is 0 Å². The number of benzene rings is 2. The molecule has 0 bridgehead atoms. The van der Waals surface area contributed by atoms with Crippen LogP contribution in [0.5, 0.6) is 17.2 Å². The predicted molar refractivity (Wildman–Crippen MR) is 115 cm³/mol. The van der Waals surface area contributed by atoms with E-state index < -0.39 is 6.10 Å². The third kappa shape index (κ3) is 6.40. The molecule has 2 aromatic rings. The quantitative estimate of drug-likeness (QED) is 0.646. The number of amides is 2. The first-order valence-corrected chi connectivity index (χ1v) is 9.88.